The van der Waals surface area contributed by atoms with Crippen LogP contribution in [-0.4, -0.2) is 50.2 Å². The van der Waals surface area contributed by atoms with Crippen molar-refractivity contribution in [1.29, 1.82) is 0 Å². The first-order valence-electron chi connectivity index (χ1n) is 13.0. The molecule has 2 heterocycles. The lowest BCUT2D eigenvalue weighted by molar-refractivity contribution is -0.139. The number of furan rings is 1. The second-order valence-electron chi connectivity index (χ2n) is 9.12. The number of Topliss-reactive ketones (excluding diaryl/α,β-unsaturated/α-hetero) is 1. The molecule has 42 heavy (non-hydrogen) atoms. The number of esters is 1. The number of rotatable bonds is 11. The van der Waals surface area contributed by atoms with E-state index in [1.165, 1.54) is 20.2 Å². The summed E-state index contributed by atoms with van der Waals surface area (Å²) in [6.45, 7) is 4.63. The zero-order valence-corrected chi connectivity index (χ0v) is 23.5. The van der Waals surface area contributed by atoms with Crippen molar-refractivity contribution in [1.82, 2.24) is 16.1 Å². The summed E-state index contributed by atoms with van der Waals surface area (Å²) in [5.41, 5.74) is 4.97. The van der Waals surface area contributed by atoms with Crippen LogP contribution in [0.25, 0.3) is 11.3 Å². The largest absolute Gasteiger partial charge is 0.493 e. The summed E-state index contributed by atoms with van der Waals surface area (Å²) in [7, 11) is 1.43. The minimum Gasteiger partial charge on any atom is -0.493 e. The number of urea groups is 1. The number of nitrogens with zero attached hydrogens (tertiary/aromatic N) is 1. The van der Waals surface area contributed by atoms with Crippen molar-refractivity contribution in [2.24, 2.45) is 5.10 Å². The third-order valence-electron chi connectivity index (χ3n) is 6.23. The molecule has 0 saturated heterocycles. The average Bonchev–Trinajstić information content (AvgIpc) is 3.44. The molecule has 1 atom stereocenters. The summed E-state index contributed by atoms with van der Waals surface area (Å²) in [6.07, 6.45) is 1.35. The molecule has 0 saturated carbocycles. The minimum absolute atomic E-state index is 0.0201. The van der Waals surface area contributed by atoms with Gasteiger partial charge < -0.3 is 29.3 Å². The van der Waals surface area contributed by atoms with E-state index in [4.69, 9.17) is 18.6 Å². The van der Waals surface area contributed by atoms with E-state index in [1.54, 1.807) is 68.4 Å². The Kier molecular flexibility index (Phi) is 9.38. The van der Waals surface area contributed by atoms with Crippen molar-refractivity contribution < 1.29 is 37.8 Å². The molecule has 2 aromatic carbocycles. The van der Waals surface area contributed by atoms with E-state index in [2.05, 4.69) is 21.2 Å². The van der Waals surface area contributed by atoms with Crippen LogP contribution in [0.15, 0.2) is 75.4 Å². The molecule has 1 aromatic heterocycles. The summed E-state index contributed by atoms with van der Waals surface area (Å²) < 4.78 is 21.9. The third kappa shape index (κ3) is 7.02. The molecule has 0 bridgehead atoms. The van der Waals surface area contributed by atoms with Crippen LogP contribution < -0.4 is 25.5 Å². The number of hydrazone groups is 1. The third-order valence-corrected chi connectivity index (χ3v) is 6.23. The lowest BCUT2D eigenvalue weighted by Crippen LogP contribution is -2.45. The van der Waals surface area contributed by atoms with Crippen LogP contribution in [0.1, 0.15) is 48.5 Å². The van der Waals surface area contributed by atoms with Gasteiger partial charge in [0.25, 0.3) is 5.91 Å². The quantitative estimate of drug-likeness (QED) is 0.135. The molecular weight excluding hydrogens is 544 g/mol. The van der Waals surface area contributed by atoms with Gasteiger partial charge in [-0.15, -0.1) is 0 Å². The molecule has 0 radical (unpaired) electrons. The molecule has 12 nitrogen and oxygen atoms in total. The summed E-state index contributed by atoms with van der Waals surface area (Å²) in [4.78, 5) is 48.5. The predicted molar refractivity (Wildman–Crippen MR) is 152 cm³/mol. The first-order valence-corrected chi connectivity index (χ1v) is 13.0. The second kappa shape index (κ2) is 13.3. The standard InChI is InChI=1S/C30H30N4O8/c1-5-40-29(37)27-17(2)32-30(38)33-28(27)21-10-12-24(25(14-21)39-4)41-16-26(36)34-31-15-22-11-13-23(42-22)20-8-6-19(7-9-20)18(3)35/h6-15,28H,5,16H2,1-4H3,(H,34,36)(H2,32,33,38)/b31-15+/t28-/m1/s1. The summed E-state index contributed by atoms with van der Waals surface area (Å²) in [6, 6.07) is 14.1. The highest BCUT2D eigenvalue weighted by molar-refractivity contribution is 5.95. The van der Waals surface area contributed by atoms with E-state index in [0.29, 0.717) is 28.3 Å². The first kappa shape index (κ1) is 29.6. The monoisotopic (exact) mass is 574 g/mol. The first-order chi connectivity index (χ1) is 20.2. The van der Waals surface area contributed by atoms with Crippen molar-refractivity contribution in [3.8, 4) is 22.8 Å². The number of carbonyl (C=O) groups is 4. The topological polar surface area (TPSA) is 158 Å². The van der Waals surface area contributed by atoms with Crippen molar-refractivity contribution in [3.63, 3.8) is 0 Å². The Bertz CT molecular complexity index is 1560. The molecule has 4 rings (SSSR count). The number of ketones is 1. The number of hydrogen-bond donors (Lipinski definition) is 3. The molecule has 1 aliphatic rings. The summed E-state index contributed by atoms with van der Waals surface area (Å²) >= 11 is 0. The maximum atomic E-state index is 12.6. The minimum atomic E-state index is -0.777. The normalized spacial score (nSPS) is 14.7. The summed E-state index contributed by atoms with van der Waals surface area (Å²) in [5, 5.41) is 9.21. The number of allylic oxidation sites excluding steroid dienone is 1. The van der Waals surface area contributed by atoms with Gasteiger partial charge in [-0.3, -0.25) is 9.59 Å². The molecule has 3 aromatic rings. The molecule has 12 heteroatoms. The van der Waals surface area contributed by atoms with Gasteiger partial charge in [-0.1, -0.05) is 30.3 Å². The summed E-state index contributed by atoms with van der Waals surface area (Å²) in [5.74, 6) is 0.447. The Morgan fingerprint density at radius 3 is 2.52 bits per heavy atom. The SMILES string of the molecule is CCOC(=O)C1=C(C)NC(=O)N[C@@H]1c1ccc(OCC(=O)N/N=C/c2ccc(-c3ccc(C(C)=O)cc3)o2)c(OC)c1. The Balaban J connectivity index is 1.36. The molecule has 3 amide bonds. The molecule has 0 unspecified atom stereocenters. The van der Waals surface area contributed by atoms with Gasteiger partial charge in [0.05, 0.1) is 31.5 Å². The van der Waals surface area contributed by atoms with Crippen LogP contribution in [0, 0.1) is 0 Å². The highest BCUT2D eigenvalue weighted by atomic mass is 16.5. The number of amides is 3. The maximum Gasteiger partial charge on any atom is 0.338 e. The van der Waals surface area contributed by atoms with E-state index >= 15 is 0 Å². The van der Waals surface area contributed by atoms with Crippen LogP contribution in [-0.2, 0) is 14.3 Å². The number of ether oxygens (including phenoxy) is 3. The predicted octanol–water partition coefficient (Wildman–Crippen LogP) is 3.88. The van der Waals surface area contributed by atoms with Crippen molar-refractivity contribution in [2.45, 2.75) is 26.8 Å². The van der Waals surface area contributed by atoms with Gasteiger partial charge in [-0.2, -0.15) is 5.10 Å². The fraction of sp³-hybridized carbons (Fsp3) is 0.233. The highest BCUT2D eigenvalue weighted by Gasteiger charge is 2.32. The zero-order chi connectivity index (χ0) is 30.2. The number of hydrogen-bond acceptors (Lipinski definition) is 9. The molecule has 3 N–H and O–H groups in total. The lowest BCUT2D eigenvalue weighted by Gasteiger charge is -2.28. The average molecular weight is 575 g/mol. The lowest BCUT2D eigenvalue weighted by atomic mass is 9.95. The van der Waals surface area contributed by atoms with Gasteiger partial charge in [-0.05, 0) is 50.6 Å². The number of methoxy groups -OCH3 is 1. The van der Waals surface area contributed by atoms with E-state index in [9.17, 15) is 19.2 Å². The van der Waals surface area contributed by atoms with Crippen LogP contribution in [0.3, 0.4) is 0 Å². The van der Waals surface area contributed by atoms with Crippen LogP contribution in [0.4, 0.5) is 4.79 Å². The Morgan fingerprint density at radius 1 is 1.07 bits per heavy atom. The van der Waals surface area contributed by atoms with Crippen molar-refractivity contribution in [3.05, 3.63) is 82.8 Å². The Hall–Kier alpha value is -5.39. The Morgan fingerprint density at radius 2 is 1.83 bits per heavy atom. The van der Waals surface area contributed by atoms with Gasteiger partial charge in [-0.25, -0.2) is 15.0 Å². The molecule has 218 valence electrons. The van der Waals surface area contributed by atoms with E-state index in [1.807, 2.05) is 0 Å². The smallest absolute Gasteiger partial charge is 0.338 e. The van der Waals surface area contributed by atoms with Gasteiger partial charge >= 0.3 is 12.0 Å². The fourth-order valence-corrected chi connectivity index (χ4v) is 4.20. The van der Waals surface area contributed by atoms with Crippen LogP contribution >= 0.6 is 0 Å². The zero-order valence-electron chi connectivity index (χ0n) is 23.5. The number of carbonyl (C=O) groups excluding carboxylic acids is 4. The van der Waals surface area contributed by atoms with E-state index in [0.717, 1.165) is 5.56 Å². The number of nitrogens with one attached hydrogen (secondary N) is 3. The molecule has 1 aliphatic heterocycles. The van der Waals surface area contributed by atoms with E-state index < -0.39 is 23.9 Å². The number of benzene rings is 2. The van der Waals surface area contributed by atoms with Gasteiger partial charge in [0.2, 0.25) is 0 Å². The van der Waals surface area contributed by atoms with Gasteiger partial charge in [0.15, 0.2) is 23.9 Å². The van der Waals surface area contributed by atoms with Crippen molar-refractivity contribution in [2.75, 3.05) is 20.3 Å². The maximum absolute atomic E-state index is 12.6. The second-order valence-corrected chi connectivity index (χ2v) is 9.12. The van der Waals surface area contributed by atoms with Crippen LogP contribution in [0.2, 0.25) is 0 Å². The fourth-order valence-electron chi connectivity index (χ4n) is 4.20. The van der Waals surface area contributed by atoms with Crippen LogP contribution in [0.5, 0.6) is 11.5 Å². The van der Waals surface area contributed by atoms with E-state index in [-0.39, 0.29) is 36.1 Å². The van der Waals surface area contributed by atoms with Crippen molar-refractivity contribution >= 4 is 29.9 Å². The van der Waals surface area contributed by atoms with Gasteiger partial charge in [0.1, 0.15) is 11.5 Å². The molecule has 0 spiro atoms. The molecule has 0 fully saturated rings. The Labute approximate surface area is 241 Å². The highest BCUT2D eigenvalue weighted by Crippen LogP contribution is 2.34. The molecule has 0 aliphatic carbocycles. The van der Waals surface area contributed by atoms with Gasteiger partial charge in [0, 0.05) is 16.8 Å². The molecular formula is C30H30N4O8.